The van der Waals surface area contributed by atoms with E-state index in [-0.39, 0.29) is 5.97 Å². The Morgan fingerprint density at radius 2 is 1.93 bits per heavy atom. The van der Waals surface area contributed by atoms with Crippen LogP contribution in [-0.2, 0) is 14.3 Å². The van der Waals surface area contributed by atoms with Crippen LogP contribution in [0.2, 0.25) is 0 Å². The lowest BCUT2D eigenvalue weighted by Crippen LogP contribution is -2.51. The number of allylic oxidation sites excluding steroid dienone is 1. The number of hydrogen-bond acceptors (Lipinski definition) is 3. The van der Waals surface area contributed by atoms with Crippen molar-refractivity contribution in [1.29, 1.82) is 0 Å². The lowest BCUT2D eigenvalue weighted by atomic mass is 9.47. The van der Waals surface area contributed by atoms with Gasteiger partial charge in [-0.05, 0) is 98.2 Å². The SMILES string of the molecule is COC(=O)CC[C@@H](C)[C@H]1CC[C@H]2[C@@H]3CC=C4CC(OC)CC[C@]4(C)[C@H]3CC[C@]12C. The summed E-state index contributed by atoms with van der Waals surface area (Å²) in [5.41, 5.74) is 2.58. The Kier molecular flexibility index (Phi) is 5.92. The molecule has 0 bridgehead atoms. The number of carbonyl (C=O) groups is 1. The molecule has 4 rings (SSSR count). The van der Waals surface area contributed by atoms with Crippen LogP contribution in [0.1, 0.15) is 85.0 Å². The maximum atomic E-state index is 11.7. The van der Waals surface area contributed by atoms with Crippen LogP contribution >= 0.6 is 0 Å². The van der Waals surface area contributed by atoms with Gasteiger partial charge >= 0.3 is 5.97 Å². The highest BCUT2D eigenvalue weighted by Gasteiger charge is 2.59. The minimum Gasteiger partial charge on any atom is -0.469 e. The predicted octanol–water partition coefficient (Wildman–Crippen LogP) is 6.17. The standard InChI is InChI=1S/C26H42O3/c1-17(6-11-24(27)29-5)21-9-10-22-20-8-7-18-16-19(28-4)12-14-25(18,2)23(20)13-15-26(21,22)3/h7,17,19-23H,6,8-16H2,1-5H3/t17-,19?,20+,21-,22+,23+,25+,26-/m1/s1. The average molecular weight is 403 g/mol. The van der Waals surface area contributed by atoms with Crippen LogP contribution in [0.5, 0.6) is 0 Å². The molecule has 0 saturated heterocycles. The fourth-order valence-electron chi connectivity index (χ4n) is 8.45. The van der Waals surface area contributed by atoms with Crippen LogP contribution in [0.25, 0.3) is 0 Å². The third-order valence-electron chi connectivity index (χ3n) is 10.2. The normalized spacial score (nSPS) is 44.9. The van der Waals surface area contributed by atoms with E-state index in [2.05, 4.69) is 26.8 Å². The maximum Gasteiger partial charge on any atom is 0.305 e. The van der Waals surface area contributed by atoms with Crippen LogP contribution in [0.3, 0.4) is 0 Å². The molecule has 0 amide bonds. The summed E-state index contributed by atoms with van der Waals surface area (Å²) in [4.78, 5) is 11.7. The van der Waals surface area contributed by atoms with Crippen molar-refractivity contribution >= 4 is 5.97 Å². The molecule has 0 N–H and O–H groups in total. The van der Waals surface area contributed by atoms with Crippen molar-refractivity contribution in [3.05, 3.63) is 11.6 Å². The molecule has 0 heterocycles. The van der Waals surface area contributed by atoms with Gasteiger partial charge in [-0.15, -0.1) is 0 Å². The fourth-order valence-corrected chi connectivity index (χ4v) is 8.45. The molecule has 3 saturated carbocycles. The fraction of sp³-hybridized carbons (Fsp3) is 0.885. The van der Waals surface area contributed by atoms with Crippen molar-refractivity contribution in [2.24, 2.45) is 40.4 Å². The number of methoxy groups -OCH3 is 2. The lowest BCUT2D eigenvalue weighted by Gasteiger charge is -2.58. The number of hydrogen-bond donors (Lipinski definition) is 0. The van der Waals surface area contributed by atoms with Crippen molar-refractivity contribution in [3.63, 3.8) is 0 Å². The van der Waals surface area contributed by atoms with Gasteiger partial charge in [-0.3, -0.25) is 4.79 Å². The van der Waals surface area contributed by atoms with Gasteiger partial charge in [-0.2, -0.15) is 0 Å². The lowest BCUT2D eigenvalue weighted by molar-refractivity contribution is -0.141. The molecule has 0 radical (unpaired) electrons. The van der Waals surface area contributed by atoms with Crippen LogP contribution in [-0.4, -0.2) is 26.3 Å². The Morgan fingerprint density at radius 3 is 2.66 bits per heavy atom. The van der Waals surface area contributed by atoms with E-state index in [1.54, 1.807) is 5.57 Å². The zero-order valence-corrected chi connectivity index (χ0v) is 19.3. The van der Waals surface area contributed by atoms with Gasteiger partial charge in [0.05, 0.1) is 13.2 Å². The second kappa shape index (κ2) is 8.02. The summed E-state index contributed by atoms with van der Waals surface area (Å²) in [6.45, 7) is 7.57. The van der Waals surface area contributed by atoms with E-state index in [1.807, 2.05) is 7.11 Å². The summed E-state index contributed by atoms with van der Waals surface area (Å²) < 4.78 is 10.6. The number of rotatable bonds is 5. The Hall–Kier alpha value is -0.830. The van der Waals surface area contributed by atoms with Gasteiger partial charge in [-0.1, -0.05) is 32.4 Å². The van der Waals surface area contributed by atoms with Gasteiger partial charge in [0.2, 0.25) is 0 Å². The molecule has 3 nitrogen and oxygen atoms in total. The van der Waals surface area contributed by atoms with Crippen molar-refractivity contribution < 1.29 is 14.3 Å². The molecule has 29 heavy (non-hydrogen) atoms. The van der Waals surface area contributed by atoms with E-state index in [1.165, 1.54) is 52.1 Å². The molecule has 0 aromatic carbocycles. The molecule has 164 valence electrons. The van der Waals surface area contributed by atoms with Gasteiger partial charge in [-0.25, -0.2) is 0 Å². The topological polar surface area (TPSA) is 35.5 Å². The molecule has 0 aromatic heterocycles. The Labute approximate surface area is 178 Å². The Balaban J connectivity index is 1.50. The van der Waals surface area contributed by atoms with Crippen LogP contribution in [0.4, 0.5) is 0 Å². The van der Waals surface area contributed by atoms with Gasteiger partial charge in [0.25, 0.3) is 0 Å². The summed E-state index contributed by atoms with van der Waals surface area (Å²) in [5.74, 6) is 3.91. The van der Waals surface area contributed by atoms with Crippen LogP contribution in [0, 0.1) is 40.4 Å². The molecule has 3 heteroatoms. The first-order chi connectivity index (χ1) is 13.8. The smallest absolute Gasteiger partial charge is 0.305 e. The molecular weight excluding hydrogens is 360 g/mol. The first-order valence-corrected chi connectivity index (χ1v) is 12.1. The molecule has 4 aliphatic rings. The van der Waals surface area contributed by atoms with E-state index in [9.17, 15) is 4.79 Å². The minimum absolute atomic E-state index is 0.0511. The minimum atomic E-state index is -0.0511. The van der Waals surface area contributed by atoms with E-state index in [4.69, 9.17) is 9.47 Å². The van der Waals surface area contributed by atoms with Crippen molar-refractivity contribution in [2.45, 2.75) is 91.1 Å². The van der Waals surface area contributed by atoms with E-state index >= 15 is 0 Å². The molecule has 3 fully saturated rings. The van der Waals surface area contributed by atoms with E-state index in [0.29, 0.717) is 29.3 Å². The number of fused-ring (bicyclic) bond motifs is 5. The highest BCUT2D eigenvalue weighted by molar-refractivity contribution is 5.69. The zero-order chi connectivity index (χ0) is 20.8. The summed E-state index contributed by atoms with van der Waals surface area (Å²) in [6, 6.07) is 0. The summed E-state index contributed by atoms with van der Waals surface area (Å²) in [5, 5.41) is 0. The second-order valence-corrected chi connectivity index (χ2v) is 11.2. The maximum absolute atomic E-state index is 11.7. The molecule has 0 aliphatic heterocycles. The van der Waals surface area contributed by atoms with Gasteiger partial charge in [0.15, 0.2) is 0 Å². The van der Waals surface area contributed by atoms with Crippen LogP contribution in [0.15, 0.2) is 11.6 Å². The molecular formula is C26H42O3. The van der Waals surface area contributed by atoms with Gasteiger partial charge in [0.1, 0.15) is 0 Å². The quantitative estimate of drug-likeness (QED) is 0.407. The first-order valence-electron chi connectivity index (χ1n) is 12.1. The van der Waals surface area contributed by atoms with Gasteiger partial charge < -0.3 is 9.47 Å². The number of ether oxygens (including phenoxy) is 2. The van der Waals surface area contributed by atoms with Crippen molar-refractivity contribution in [2.75, 3.05) is 14.2 Å². The van der Waals surface area contributed by atoms with E-state index in [0.717, 1.165) is 36.5 Å². The highest BCUT2D eigenvalue weighted by Crippen LogP contribution is 2.67. The molecule has 8 atom stereocenters. The molecule has 0 aromatic rings. The monoisotopic (exact) mass is 402 g/mol. The number of esters is 1. The Morgan fingerprint density at radius 1 is 1.14 bits per heavy atom. The third kappa shape index (κ3) is 3.50. The summed E-state index contributed by atoms with van der Waals surface area (Å²) in [6.07, 6.45) is 15.1. The molecule has 1 unspecified atom stereocenters. The molecule has 4 aliphatic carbocycles. The third-order valence-corrected chi connectivity index (χ3v) is 10.2. The highest BCUT2D eigenvalue weighted by atomic mass is 16.5. The molecule has 0 spiro atoms. The average Bonchev–Trinajstić information content (AvgIpc) is 3.08. The van der Waals surface area contributed by atoms with Crippen molar-refractivity contribution in [3.8, 4) is 0 Å². The summed E-state index contributed by atoms with van der Waals surface area (Å²) in [7, 11) is 3.39. The zero-order valence-electron chi connectivity index (χ0n) is 19.3. The Bertz CT molecular complexity index is 654. The first kappa shape index (κ1) is 21.4. The van der Waals surface area contributed by atoms with Gasteiger partial charge in [0, 0.05) is 13.5 Å². The second-order valence-electron chi connectivity index (χ2n) is 11.2. The number of carbonyl (C=O) groups excluding carboxylic acids is 1. The van der Waals surface area contributed by atoms with Crippen LogP contribution < -0.4 is 0 Å². The predicted molar refractivity (Wildman–Crippen MR) is 116 cm³/mol. The van der Waals surface area contributed by atoms with Crippen molar-refractivity contribution in [1.82, 2.24) is 0 Å². The van der Waals surface area contributed by atoms with E-state index < -0.39 is 0 Å². The largest absolute Gasteiger partial charge is 0.469 e. The summed E-state index contributed by atoms with van der Waals surface area (Å²) >= 11 is 0.